The van der Waals surface area contributed by atoms with E-state index in [0.717, 1.165) is 5.75 Å². The molecule has 3 aromatic rings. The van der Waals surface area contributed by atoms with Crippen LogP contribution in [0.1, 0.15) is 0 Å². The summed E-state index contributed by atoms with van der Waals surface area (Å²) in [4.78, 5) is 5.65. The molecule has 0 aliphatic heterocycles. The summed E-state index contributed by atoms with van der Waals surface area (Å²) in [5.74, 6) is 0.849. The Morgan fingerprint density at radius 2 is 1.88 bits per heavy atom. The van der Waals surface area contributed by atoms with Crippen LogP contribution >= 0.6 is 11.3 Å². The predicted octanol–water partition coefficient (Wildman–Crippen LogP) is 3.03. The lowest BCUT2D eigenvalue weighted by Gasteiger charge is -1.99. The highest BCUT2D eigenvalue weighted by molar-refractivity contribution is 7.07. The second-order valence-corrected chi connectivity index (χ2v) is 4.24. The van der Waals surface area contributed by atoms with Crippen molar-refractivity contribution in [1.82, 2.24) is 0 Å². The van der Waals surface area contributed by atoms with Gasteiger partial charge in [0.15, 0.2) is 0 Å². The lowest BCUT2D eigenvalue weighted by atomic mass is 10.1. The van der Waals surface area contributed by atoms with E-state index in [9.17, 15) is 0 Å². The molecule has 0 bridgehead atoms. The third-order valence-corrected chi connectivity index (χ3v) is 2.99. The van der Waals surface area contributed by atoms with Gasteiger partial charge in [0.25, 0.3) is 5.51 Å². The molecule has 3 heteroatoms. The van der Waals surface area contributed by atoms with Crippen LogP contribution in [0.5, 0.6) is 5.75 Å². The Labute approximate surface area is 97.3 Å². The number of fused-ring (bicyclic) bond motifs is 1. The summed E-state index contributed by atoms with van der Waals surface area (Å²) in [5, 5.41) is 4.39. The number of nitrogens with zero attached hydrogens (tertiary/aromatic N) is 1. The monoisotopic (exact) mass is 228 g/mol. The van der Waals surface area contributed by atoms with Crippen LogP contribution in [0, 0.1) is 0 Å². The number of thiazole rings is 1. The van der Waals surface area contributed by atoms with E-state index in [1.54, 1.807) is 16.1 Å². The fourth-order valence-electron chi connectivity index (χ4n) is 1.62. The maximum atomic E-state index is 5.65. The number of hydrogen-bond acceptors (Lipinski definition) is 2. The molecule has 1 aromatic heterocycles. The second-order valence-electron chi connectivity index (χ2n) is 3.49. The third kappa shape index (κ3) is 1.77. The van der Waals surface area contributed by atoms with E-state index in [-0.39, 0.29) is 0 Å². The highest BCUT2D eigenvalue weighted by atomic mass is 32.1. The van der Waals surface area contributed by atoms with Crippen molar-refractivity contribution in [3.63, 3.8) is 0 Å². The molecule has 0 saturated carbocycles. The van der Waals surface area contributed by atoms with Gasteiger partial charge in [-0.1, -0.05) is 41.7 Å². The molecule has 0 radical (unpaired) electrons. The first kappa shape index (κ1) is 9.36. The lowest BCUT2D eigenvalue weighted by molar-refractivity contribution is -0.871. The molecule has 16 heavy (non-hydrogen) atoms. The molecule has 0 saturated heterocycles. The lowest BCUT2D eigenvalue weighted by Crippen LogP contribution is -2.36. The van der Waals surface area contributed by atoms with Crippen molar-refractivity contribution in [2.24, 2.45) is 0 Å². The molecule has 0 amide bonds. The largest absolute Gasteiger partial charge is 0.277 e. The third-order valence-electron chi connectivity index (χ3n) is 2.38. The second kappa shape index (κ2) is 3.94. The maximum Gasteiger partial charge on any atom is 0.277 e. The average Bonchev–Trinajstić information content (AvgIpc) is 2.82. The summed E-state index contributed by atoms with van der Waals surface area (Å²) in [7, 11) is 0. The van der Waals surface area contributed by atoms with Crippen molar-refractivity contribution in [2.75, 3.05) is 0 Å². The van der Waals surface area contributed by atoms with E-state index >= 15 is 0 Å². The van der Waals surface area contributed by atoms with E-state index in [0.29, 0.717) is 0 Å². The summed E-state index contributed by atoms with van der Waals surface area (Å²) in [6, 6.07) is 14.3. The van der Waals surface area contributed by atoms with E-state index in [1.165, 1.54) is 10.8 Å². The van der Waals surface area contributed by atoms with Gasteiger partial charge in [-0.05, 0) is 22.9 Å². The molecule has 3 rings (SSSR count). The van der Waals surface area contributed by atoms with E-state index < -0.39 is 0 Å². The Hall–Kier alpha value is -1.87. The summed E-state index contributed by atoms with van der Waals surface area (Å²) < 4.78 is 1.70. The minimum absolute atomic E-state index is 0.849. The Balaban J connectivity index is 1.99. The standard InChI is InChI=1S/C13H10NOS/c1-2-4-12-9-13(6-5-11(12)3-1)15-14-7-8-16-10-14/h1-10H/q+1. The number of hydrogen-bond donors (Lipinski definition) is 0. The summed E-state index contributed by atoms with van der Waals surface area (Å²) in [5.41, 5.74) is 1.91. The SMILES string of the molecule is c1ccc2cc(O[n+]3ccsc3)ccc2c1. The Morgan fingerprint density at radius 3 is 2.69 bits per heavy atom. The first-order valence-corrected chi connectivity index (χ1v) is 5.97. The van der Waals surface area contributed by atoms with Crippen LogP contribution in [0.25, 0.3) is 10.8 Å². The van der Waals surface area contributed by atoms with Crippen molar-refractivity contribution in [1.29, 1.82) is 0 Å². The van der Waals surface area contributed by atoms with Gasteiger partial charge in [0.05, 0.1) is 5.38 Å². The molecule has 0 unspecified atom stereocenters. The van der Waals surface area contributed by atoms with Crippen LogP contribution in [-0.2, 0) is 0 Å². The van der Waals surface area contributed by atoms with Crippen LogP contribution in [0.4, 0.5) is 0 Å². The van der Waals surface area contributed by atoms with Crippen LogP contribution in [0.15, 0.2) is 59.6 Å². The molecule has 0 N–H and O–H groups in total. The van der Waals surface area contributed by atoms with Gasteiger partial charge in [0, 0.05) is 4.73 Å². The average molecular weight is 228 g/mol. The van der Waals surface area contributed by atoms with Crippen LogP contribution in [0.3, 0.4) is 0 Å². The number of benzene rings is 2. The zero-order valence-electron chi connectivity index (χ0n) is 8.54. The molecule has 1 heterocycles. The van der Waals surface area contributed by atoms with Gasteiger partial charge in [-0.15, -0.1) is 0 Å². The van der Waals surface area contributed by atoms with Crippen molar-refractivity contribution in [2.45, 2.75) is 0 Å². The molecule has 0 fully saturated rings. The van der Waals surface area contributed by atoms with Crippen molar-refractivity contribution >= 4 is 22.1 Å². The first-order chi connectivity index (χ1) is 7.92. The maximum absolute atomic E-state index is 5.65. The highest BCUT2D eigenvalue weighted by Crippen LogP contribution is 2.19. The summed E-state index contributed by atoms with van der Waals surface area (Å²) in [6.45, 7) is 0. The summed E-state index contributed by atoms with van der Waals surface area (Å²) in [6.07, 6.45) is 1.89. The fourth-order valence-corrected chi connectivity index (χ4v) is 2.12. The zero-order chi connectivity index (χ0) is 10.8. The molecule has 2 nitrogen and oxygen atoms in total. The van der Waals surface area contributed by atoms with Gasteiger partial charge in [-0.3, -0.25) is 0 Å². The van der Waals surface area contributed by atoms with Crippen LogP contribution < -0.4 is 9.57 Å². The van der Waals surface area contributed by atoms with Crippen molar-refractivity contribution in [3.8, 4) is 5.75 Å². The zero-order valence-corrected chi connectivity index (χ0v) is 9.35. The number of aromatic nitrogens is 1. The quantitative estimate of drug-likeness (QED) is 0.614. The molecule has 0 aliphatic rings. The molecule has 0 atom stereocenters. The molecule has 0 aliphatic carbocycles. The number of rotatable bonds is 2. The highest BCUT2D eigenvalue weighted by Gasteiger charge is 2.04. The van der Waals surface area contributed by atoms with E-state index in [1.807, 2.05) is 41.4 Å². The van der Waals surface area contributed by atoms with Gasteiger partial charge in [0.2, 0.25) is 11.9 Å². The first-order valence-electron chi connectivity index (χ1n) is 5.02. The smallest absolute Gasteiger partial charge is 0.231 e. The van der Waals surface area contributed by atoms with Gasteiger partial charge in [0.1, 0.15) is 0 Å². The van der Waals surface area contributed by atoms with Gasteiger partial charge >= 0.3 is 0 Å². The molecular formula is C13H10NOS+. The topological polar surface area (TPSA) is 13.1 Å². The van der Waals surface area contributed by atoms with Gasteiger partial charge in [-0.25, -0.2) is 4.84 Å². The Bertz CT molecular complexity index is 604. The molecule has 78 valence electrons. The van der Waals surface area contributed by atoms with Crippen LogP contribution in [-0.4, -0.2) is 0 Å². The normalized spacial score (nSPS) is 10.5. The minimum atomic E-state index is 0.849. The van der Waals surface area contributed by atoms with Gasteiger partial charge in [-0.2, -0.15) is 0 Å². The molecule has 2 aromatic carbocycles. The van der Waals surface area contributed by atoms with Crippen molar-refractivity contribution < 1.29 is 9.57 Å². The Morgan fingerprint density at radius 1 is 1.00 bits per heavy atom. The summed E-state index contributed by atoms with van der Waals surface area (Å²) >= 11 is 1.60. The van der Waals surface area contributed by atoms with Crippen molar-refractivity contribution in [3.05, 3.63) is 59.6 Å². The Kier molecular flexibility index (Phi) is 2.31. The minimum Gasteiger partial charge on any atom is -0.231 e. The fraction of sp³-hybridized carbons (Fsp3) is 0. The molecule has 0 spiro atoms. The predicted molar refractivity (Wildman–Crippen MR) is 64.5 cm³/mol. The van der Waals surface area contributed by atoms with Crippen LogP contribution in [0.2, 0.25) is 0 Å². The van der Waals surface area contributed by atoms with Gasteiger partial charge < -0.3 is 0 Å². The van der Waals surface area contributed by atoms with E-state index in [4.69, 9.17) is 4.84 Å². The molecular weight excluding hydrogens is 218 g/mol. The van der Waals surface area contributed by atoms with E-state index in [2.05, 4.69) is 18.2 Å².